The fraction of sp³-hybridized carbons (Fsp3) is 0.444. The van der Waals surface area contributed by atoms with Crippen molar-refractivity contribution in [2.75, 3.05) is 24.6 Å². The molecule has 148 valence electrons. The van der Waals surface area contributed by atoms with Crippen molar-refractivity contribution in [3.8, 4) is 11.4 Å². The summed E-state index contributed by atoms with van der Waals surface area (Å²) in [6.07, 6.45) is 1.02. The van der Waals surface area contributed by atoms with Crippen LogP contribution in [-0.2, 0) is 0 Å². The molecule has 2 unspecified atom stereocenters. The number of nitrogens with zero attached hydrogens (tertiary/aromatic N) is 6. The lowest BCUT2D eigenvalue weighted by Gasteiger charge is -2.40. The van der Waals surface area contributed by atoms with E-state index in [1.165, 1.54) is 23.0 Å². The van der Waals surface area contributed by atoms with Gasteiger partial charge in [0.25, 0.3) is 6.43 Å². The molecule has 0 radical (unpaired) electrons. The van der Waals surface area contributed by atoms with Gasteiger partial charge in [-0.15, -0.1) is 0 Å². The fourth-order valence-corrected chi connectivity index (χ4v) is 3.59. The normalized spacial score (nSPS) is 20.2. The molecule has 0 bridgehead atoms. The number of imidazole rings is 1. The van der Waals surface area contributed by atoms with Gasteiger partial charge in [0.15, 0.2) is 5.65 Å². The van der Waals surface area contributed by atoms with Crippen LogP contribution < -0.4 is 10.2 Å². The largest absolute Gasteiger partial charge is 0.396 e. The molecular weight excluding hydrogens is 368 g/mol. The van der Waals surface area contributed by atoms with Crippen LogP contribution in [0.15, 0.2) is 30.7 Å². The molecule has 0 saturated carbocycles. The van der Waals surface area contributed by atoms with Crippen molar-refractivity contribution in [3.05, 3.63) is 36.4 Å². The van der Waals surface area contributed by atoms with Gasteiger partial charge in [-0.05, 0) is 25.5 Å². The Labute approximate surface area is 160 Å². The molecule has 0 spiro atoms. The summed E-state index contributed by atoms with van der Waals surface area (Å²) in [5, 5.41) is 16.7. The maximum atomic E-state index is 13.0. The highest BCUT2D eigenvalue weighted by Gasteiger charge is 2.28. The molecule has 0 amide bonds. The molecule has 3 aromatic rings. The number of aliphatic hydroxyl groups is 1. The van der Waals surface area contributed by atoms with Crippen molar-refractivity contribution in [1.82, 2.24) is 29.9 Å². The first kappa shape index (κ1) is 18.6. The standard InChI is InChI=1S/C18H21F2N7O/c1-11-12(4-7-28)21-5-6-26(11)17-8-14(23-10-24-17)15-9-22-16-3-2-13(18(19)20)25-27(15)16/h2-3,8-12,18,21,28H,4-7H2,1H3. The molecule has 0 aromatic carbocycles. The Balaban J connectivity index is 1.69. The second-order valence-electron chi connectivity index (χ2n) is 6.74. The van der Waals surface area contributed by atoms with Gasteiger partial charge in [0.05, 0.1) is 11.9 Å². The summed E-state index contributed by atoms with van der Waals surface area (Å²) >= 11 is 0. The van der Waals surface area contributed by atoms with E-state index in [0.717, 1.165) is 18.9 Å². The van der Waals surface area contributed by atoms with Crippen LogP contribution in [0.4, 0.5) is 14.6 Å². The van der Waals surface area contributed by atoms with E-state index in [-0.39, 0.29) is 24.4 Å². The van der Waals surface area contributed by atoms with Gasteiger partial charge < -0.3 is 15.3 Å². The highest BCUT2D eigenvalue weighted by Crippen LogP contribution is 2.25. The minimum atomic E-state index is -2.66. The number of aromatic nitrogens is 5. The van der Waals surface area contributed by atoms with Gasteiger partial charge in [-0.3, -0.25) is 0 Å². The maximum absolute atomic E-state index is 13.0. The third kappa shape index (κ3) is 3.40. The number of hydrogen-bond donors (Lipinski definition) is 2. The monoisotopic (exact) mass is 389 g/mol. The quantitative estimate of drug-likeness (QED) is 0.686. The summed E-state index contributed by atoms with van der Waals surface area (Å²) in [6.45, 7) is 3.74. The minimum absolute atomic E-state index is 0.116. The topological polar surface area (TPSA) is 91.5 Å². The Morgan fingerprint density at radius 2 is 2.14 bits per heavy atom. The molecule has 8 nitrogen and oxygen atoms in total. The fourth-order valence-electron chi connectivity index (χ4n) is 3.59. The Kier molecular flexibility index (Phi) is 5.14. The first-order chi connectivity index (χ1) is 13.6. The van der Waals surface area contributed by atoms with Crippen molar-refractivity contribution in [2.24, 2.45) is 0 Å². The first-order valence-electron chi connectivity index (χ1n) is 9.14. The molecule has 1 saturated heterocycles. The molecule has 1 fully saturated rings. The van der Waals surface area contributed by atoms with E-state index >= 15 is 0 Å². The number of piperazine rings is 1. The van der Waals surface area contributed by atoms with Gasteiger partial charge in [-0.2, -0.15) is 5.10 Å². The van der Waals surface area contributed by atoms with Gasteiger partial charge in [0, 0.05) is 37.8 Å². The van der Waals surface area contributed by atoms with Crippen molar-refractivity contribution in [1.29, 1.82) is 0 Å². The predicted molar refractivity (Wildman–Crippen MR) is 99.3 cm³/mol. The number of hydrogen-bond acceptors (Lipinski definition) is 7. The highest BCUT2D eigenvalue weighted by molar-refractivity contribution is 5.62. The third-order valence-corrected chi connectivity index (χ3v) is 5.09. The van der Waals surface area contributed by atoms with Crippen molar-refractivity contribution in [3.63, 3.8) is 0 Å². The van der Waals surface area contributed by atoms with Crippen LogP contribution in [0.1, 0.15) is 25.5 Å². The lowest BCUT2D eigenvalue weighted by atomic mass is 10.0. The SMILES string of the molecule is CC1C(CCO)NCCN1c1cc(-c2cnc3ccc(C(F)F)nn23)ncn1. The van der Waals surface area contributed by atoms with E-state index in [9.17, 15) is 13.9 Å². The molecule has 4 rings (SSSR count). The highest BCUT2D eigenvalue weighted by atomic mass is 19.3. The van der Waals surface area contributed by atoms with Gasteiger partial charge in [-0.25, -0.2) is 28.2 Å². The zero-order valence-electron chi connectivity index (χ0n) is 15.3. The molecule has 3 aromatic heterocycles. The number of rotatable bonds is 5. The van der Waals surface area contributed by atoms with Gasteiger partial charge >= 0.3 is 0 Å². The molecule has 10 heteroatoms. The lowest BCUT2D eigenvalue weighted by Crippen LogP contribution is -2.57. The summed E-state index contributed by atoms with van der Waals surface area (Å²) in [5.74, 6) is 0.738. The molecule has 2 atom stereocenters. The van der Waals surface area contributed by atoms with Crippen LogP contribution in [-0.4, -0.2) is 61.5 Å². The van der Waals surface area contributed by atoms with Crippen LogP contribution in [0.2, 0.25) is 0 Å². The Bertz CT molecular complexity index is 962. The molecule has 1 aliphatic heterocycles. The minimum Gasteiger partial charge on any atom is -0.396 e. The lowest BCUT2D eigenvalue weighted by molar-refractivity contribution is 0.144. The van der Waals surface area contributed by atoms with Crippen molar-refractivity contribution >= 4 is 11.5 Å². The number of anilines is 1. The maximum Gasteiger partial charge on any atom is 0.282 e. The number of aliphatic hydroxyl groups excluding tert-OH is 1. The second-order valence-corrected chi connectivity index (χ2v) is 6.74. The zero-order chi connectivity index (χ0) is 19.7. The second kappa shape index (κ2) is 7.72. The number of nitrogens with one attached hydrogen (secondary N) is 1. The first-order valence-corrected chi connectivity index (χ1v) is 9.14. The number of halogens is 2. The van der Waals surface area contributed by atoms with Gasteiger partial charge in [0.2, 0.25) is 0 Å². The van der Waals surface area contributed by atoms with E-state index in [1.54, 1.807) is 6.20 Å². The van der Waals surface area contributed by atoms with Crippen LogP contribution in [0.5, 0.6) is 0 Å². The van der Waals surface area contributed by atoms with Gasteiger partial charge in [-0.1, -0.05) is 0 Å². The molecule has 0 aliphatic carbocycles. The smallest absolute Gasteiger partial charge is 0.282 e. The number of alkyl halides is 2. The van der Waals surface area contributed by atoms with Crippen LogP contribution in [0.3, 0.4) is 0 Å². The Morgan fingerprint density at radius 3 is 2.93 bits per heavy atom. The summed E-state index contributed by atoms with van der Waals surface area (Å²) in [6, 6.07) is 4.89. The molecule has 4 heterocycles. The Hall–Kier alpha value is -2.72. The average Bonchev–Trinajstić information content (AvgIpc) is 3.13. The van der Waals surface area contributed by atoms with Crippen molar-refractivity contribution in [2.45, 2.75) is 31.9 Å². The van der Waals surface area contributed by atoms with Crippen LogP contribution in [0.25, 0.3) is 17.0 Å². The zero-order valence-corrected chi connectivity index (χ0v) is 15.3. The van der Waals surface area contributed by atoms with Gasteiger partial charge in [0.1, 0.15) is 23.5 Å². The number of fused-ring (bicyclic) bond motifs is 1. The van der Waals surface area contributed by atoms with Crippen molar-refractivity contribution < 1.29 is 13.9 Å². The molecule has 2 N–H and O–H groups in total. The molecular formula is C18H21F2N7O. The third-order valence-electron chi connectivity index (χ3n) is 5.09. The summed E-state index contributed by atoms with van der Waals surface area (Å²) in [5.41, 5.74) is 1.23. The molecule has 1 aliphatic rings. The van der Waals surface area contributed by atoms with E-state index in [2.05, 4.69) is 37.2 Å². The Morgan fingerprint density at radius 1 is 1.29 bits per heavy atom. The van der Waals surface area contributed by atoms with Crippen LogP contribution in [0, 0.1) is 0 Å². The van der Waals surface area contributed by atoms with E-state index < -0.39 is 6.43 Å². The average molecular weight is 389 g/mol. The predicted octanol–water partition coefficient (Wildman–Crippen LogP) is 1.67. The summed E-state index contributed by atoms with van der Waals surface area (Å²) < 4.78 is 27.4. The summed E-state index contributed by atoms with van der Waals surface area (Å²) in [7, 11) is 0. The molecule has 28 heavy (non-hydrogen) atoms. The van der Waals surface area contributed by atoms with E-state index in [1.807, 2.05) is 6.07 Å². The summed E-state index contributed by atoms with van der Waals surface area (Å²) in [4.78, 5) is 15.1. The van der Waals surface area contributed by atoms with Crippen LogP contribution >= 0.6 is 0 Å². The van der Waals surface area contributed by atoms with E-state index in [4.69, 9.17) is 0 Å². The van der Waals surface area contributed by atoms with E-state index in [0.29, 0.717) is 23.5 Å².